The summed E-state index contributed by atoms with van der Waals surface area (Å²) in [5, 5.41) is 12.0. The van der Waals surface area contributed by atoms with Gasteiger partial charge in [0, 0.05) is 24.6 Å². The maximum atomic E-state index is 12.9. The van der Waals surface area contributed by atoms with Gasteiger partial charge in [0.2, 0.25) is 0 Å². The number of alkyl halides is 3. The summed E-state index contributed by atoms with van der Waals surface area (Å²) in [5.74, 6) is 0.503. The first kappa shape index (κ1) is 20.0. The van der Waals surface area contributed by atoms with E-state index < -0.39 is 17.6 Å². The predicted octanol–water partition coefficient (Wildman–Crippen LogP) is 3.56. The Bertz CT molecular complexity index is 1060. The van der Waals surface area contributed by atoms with E-state index in [1.165, 1.54) is 17.0 Å². The number of carbonyl (C=O) groups is 1. The molecule has 0 spiro atoms. The van der Waals surface area contributed by atoms with Gasteiger partial charge in [-0.1, -0.05) is 30.3 Å². The van der Waals surface area contributed by atoms with Crippen molar-refractivity contribution in [2.45, 2.75) is 38.4 Å². The van der Waals surface area contributed by atoms with Crippen LogP contribution < -0.4 is 0 Å². The zero-order valence-electron chi connectivity index (χ0n) is 16.3. The number of halogens is 3. The SMILES string of the molecule is CC(C)c1noc(-c2cn([C@H]3CCN(C(=O)c4cccc(C(F)(F)F)c4)C3)nn2)n1. The van der Waals surface area contributed by atoms with Crippen molar-refractivity contribution in [1.82, 2.24) is 30.0 Å². The van der Waals surface area contributed by atoms with Gasteiger partial charge in [-0.05, 0) is 24.6 Å². The van der Waals surface area contributed by atoms with Crippen LogP contribution in [0.2, 0.25) is 0 Å². The quantitative estimate of drug-likeness (QED) is 0.641. The third-order valence-corrected chi connectivity index (χ3v) is 4.95. The molecule has 0 saturated carbocycles. The number of amides is 1. The van der Waals surface area contributed by atoms with Crippen molar-refractivity contribution in [1.29, 1.82) is 0 Å². The molecule has 0 unspecified atom stereocenters. The fourth-order valence-corrected chi connectivity index (χ4v) is 3.28. The maximum absolute atomic E-state index is 12.9. The summed E-state index contributed by atoms with van der Waals surface area (Å²) in [6.07, 6.45) is -2.22. The summed E-state index contributed by atoms with van der Waals surface area (Å²) < 4.78 is 45.6. The summed E-state index contributed by atoms with van der Waals surface area (Å²) in [7, 11) is 0. The van der Waals surface area contributed by atoms with Crippen LogP contribution >= 0.6 is 0 Å². The van der Waals surface area contributed by atoms with Gasteiger partial charge >= 0.3 is 6.18 Å². The van der Waals surface area contributed by atoms with Gasteiger partial charge in [0.15, 0.2) is 11.5 Å². The molecule has 1 atom stereocenters. The number of nitrogens with zero attached hydrogens (tertiary/aromatic N) is 6. The van der Waals surface area contributed by atoms with E-state index in [9.17, 15) is 18.0 Å². The summed E-state index contributed by atoms with van der Waals surface area (Å²) in [5.41, 5.74) is -0.403. The molecule has 11 heteroatoms. The van der Waals surface area contributed by atoms with Crippen LogP contribution in [-0.2, 0) is 6.18 Å². The second-order valence-electron chi connectivity index (χ2n) is 7.47. The van der Waals surface area contributed by atoms with Crippen LogP contribution in [0.4, 0.5) is 13.2 Å². The molecule has 4 rings (SSSR count). The summed E-state index contributed by atoms with van der Waals surface area (Å²) in [6, 6.07) is 4.31. The number of carbonyl (C=O) groups excluding carboxylic acids is 1. The molecule has 8 nitrogen and oxygen atoms in total. The number of hydrogen-bond donors (Lipinski definition) is 0. The molecule has 1 aliphatic heterocycles. The highest BCUT2D eigenvalue weighted by Gasteiger charge is 2.33. The molecule has 158 valence electrons. The molecule has 0 radical (unpaired) electrons. The van der Waals surface area contributed by atoms with Crippen LogP contribution in [0.25, 0.3) is 11.6 Å². The van der Waals surface area contributed by atoms with E-state index in [1.807, 2.05) is 13.8 Å². The maximum Gasteiger partial charge on any atom is 0.416 e. The Kier molecular flexibility index (Phi) is 5.04. The molecule has 0 aliphatic carbocycles. The average molecular weight is 420 g/mol. The van der Waals surface area contributed by atoms with Crippen LogP contribution in [0.3, 0.4) is 0 Å². The Balaban J connectivity index is 1.46. The minimum Gasteiger partial charge on any atom is -0.336 e. The first-order chi connectivity index (χ1) is 14.2. The van der Waals surface area contributed by atoms with Gasteiger partial charge in [-0.2, -0.15) is 18.2 Å². The highest BCUT2D eigenvalue weighted by molar-refractivity contribution is 5.94. The molecular weight excluding hydrogens is 401 g/mol. The van der Waals surface area contributed by atoms with Crippen molar-refractivity contribution >= 4 is 5.91 Å². The number of likely N-dealkylation sites (tertiary alicyclic amines) is 1. The lowest BCUT2D eigenvalue weighted by Crippen LogP contribution is -2.29. The van der Waals surface area contributed by atoms with Crippen molar-refractivity contribution in [3.8, 4) is 11.6 Å². The third-order valence-electron chi connectivity index (χ3n) is 4.95. The Morgan fingerprint density at radius 1 is 1.30 bits per heavy atom. The first-order valence-electron chi connectivity index (χ1n) is 9.44. The molecule has 0 bridgehead atoms. The molecule has 1 saturated heterocycles. The molecule has 2 aromatic heterocycles. The average Bonchev–Trinajstić information content (AvgIpc) is 3.46. The number of benzene rings is 1. The second kappa shape index (κ2) is 7.54. The minimum atomic E-state index is -4.49. The van der Waals surface area contributed by atoms with Crippen molar-refractivity contribution in [3.63, 3.8) is 0 Å². The van der Waals surface area contributed by atoms with Crippen LogP contribution in [0.15, 0.2) is 35.0 Å². The van der Waals surface area contributed by atoms with E-state index in [0.717, 1.165) is 12.1 Å². The number of hydrogen-bond acceptors (Lipinski definition) is 6. The van der Waals surface area contributed by atoms with Crippen molar-refractivity contribution in [3.05, 3.63) is 47.4 Å². The fourth-order valence-electron chi connectivity index (χ4n) is 3.28. The van der Waals surface area contributed by atoms with Gasteiger partial charge in [0.05, 0.1) is 17.8 Å². The molecule has 0 N–H and O–H groups in total. The molecule has 1 aliphatic rings. The van der Waals surface area contributed by atoms with Gasteiger partial charge in [-0.15, -0.1) is 5.10 Å². The Hall–Kier alpha value is -3.24. The summed E-state index contributed by atoms with van der Waals surface area (Å²) >= 11 is 0. The minimum absolute atomic E-state index is 0.0110. The van der Waals surface area contributed by atoms with E-state index in [4.69, 9.17) is 4.52 Å². The third kappa shape index (κ3) is 3.91. The Morgan fingerprint density at radius 2 is 2.10 bits per heavy atom. The summed E-state index contributed by atoms with van der Waals surface area (Å²) in [4.78, 5) is 18.5. The van der Waals surface area contributed by atoms with Crippen molar-refractivity contribution < 1.29 is 22.5 Å². The zero-order valence-corrected chi connectivity index (χ0v) is 16.3. The first-order valence-corrected chi connectivity index (χ1v) is 9.44. The van der Waals surface area contributed by atoms with Gasteiger partial charge in [0.25, 0.3) is 11.8 Å². The number of rotatable bonds is 4. The standard InChI is InChI=1S/C19H19F3N6O2/c1-11(2)16-23-17(30-25-16)15-10-28(26-24-15)14-6-7-27(9-14)18(29)12-4-3-5-13(8-12)19(20,21)22/h3-5,8,10-11,14H,6-7,9H2,1-2H3/t14-/m0/s1. The molecule has 30 heavy (non-hydrogen) atoms. The lowest BCUT2D eigenvalue weighted by Gasteiger charge is -2.17. The lowest BCUT2D eigenvalue weighted by molar-refractivity contribution is -0.137. The van der Waals surface area contributed by atoms with Gasteiger partial charge in [-0.3, -0.25) is 4.79 Å². The van der Waals surface area contributed by atoms with E-state index in [2.05, 4.69) is 20.5 Å². The van der Waals surface area contributed by atoms with Crippen LogP contribution in [0.1, 0.15) is 54.0 Å². The lowest BCUT2D eigenvalue weighted by atomic mass is 10.1. The smallest absolute Gasteiger partial charge is 0.336 e. The molecule has 3 heterocycles. The van der Waals surface area contributed by atoms with E-state index in [1.54, 1.807) is 10.9 Å². The van der Waals surface area contributed by atoms with Crippen molar-refractivity contribution in [2.75, 3.05) is 13.1 Å². The number of aromatic nitrogens is 5. The summed E-state index contributed by atoms with van der Waals surface area (Å²) in [6.45, 7) is 4.62. The largest absolute Gasteiger partial charge is 0.416 e. The van der Waals surface area contributed by atoms with Gasteiger partial charge < -0.3 is 9.42 Å². The molecule has 1 aromatic carbocycles. The van der Waals surface area contributed by atoms with Crippen LogP contribution in [0, 0.1) is 0 Å². The zero-order chi connectivity index (χ0) is 21.5. The molecule has 1 fully saturated rings. The van der Waals surface area contributed by atoms with Crippen LogP contribution in [-0.4, -0.2) is 49.0 Å². The Morgan fingerprint density at radius 3 is 2.80 bits per heavy atom. The van der Waals surface area contributed by atoms with Gasteiger partial charge in [-0.25, -0.2) is 4.68 Å². The Labute approximate surface area is 169 Å². The highest BCUT2D eigenvalue weighted by Crippen LogP contribution is 2.30. The molecule has 3 aromatic rings. The fraction of sp³-hybridized carbons (Fsp3) is 0.421. The predicted molar refractivity (Wildman–Crippen MR) is 98.4 cm³/mol. The van der Waals surface area contributed by atoms with E-state index in [-0.39, 0.29) is 23.4 Å². The second-order valence-corrected chi connectivity index (χ2v) is 7.47. The van der Waals surface area contributed by atoms with Crippen molar-refractivity contribution in [2.24, 2.45) is 0 Å². The van der Waals surface area contributed by atoms with E-state index in [0.29, 0.717) is 31.0 Å². The van der Waals surface area contributed by atoms with E-state index >= 15 is 0 Å². The van der Waals surface area contributed by atoms with Crippen LogP contribution in [0.5, 0.6) is 0 Å². The highest BCUT2D eigenvalue weighted by atomic mass is 19.4. The molecule has 1 amide bonds. The monoisotopic (exact) mass is 420 g/mol. The normalized spacial score (nSPS) is 17.1. The molecular formula is C19H19F3N6O2. The topological polar surface area (TPSA) is 89.9 Å². The van der Waals surface area contributed by atoms with Gasteiger partial charge in [0.1, 0.15) is 0 Å².